The zero-order chi connectivity index (χ0) is 15.4. The Kier molecular flexibility index (Phi) is 5.69. The second kappa shape index (κ2) is 7.73. The lowest BCUT2D eigenvalue weighted by molar-refractivity contribution is 1.26. The predicted octanol–water partition coefficient (Wildman–Crippen LogP) is 7.51. The SMILES string of the molecule is Brc1cc(Sc2ccccc2)c(Br)cc1Sc1ccccc1. The maximum atomic E-state index is 3.70. The van der Waals surface area contributed by atoms with Gasteiger partial charge in [-0.25, -0.2) is 0 Å². The first-order valence-electron chi connectivity index (χ1n) is 6.67. The Labute approximate surface area is 156 Å². The molecule has 0 N–H and O–H groups in total. The third kappa shape index (κ3) is 4.19. The van der Waals surface area contributed by atoms with Gasteiger partial charge in [0.15, 0.2) is 0 Å². The molecule has 0 fully saturated rings. The normalized spacial score (nSPS) is 10.6. The van der Waals surface area contributed by atoms with Gasteiger partial charge in [-0.05, 0) is 68.3 Å². The van der Waals surface area contributed by atoms with Crippen LogP contribution < -0.4 is 0 Å². The summed E-state index contributed by atoms with van der Waals surface area (Å²) in [5, 5.41) is 0. The van der Waals surface area contributed by atoms with Crippen molar-refractivity contribution < 1.29 is 0 Å². The van der Waals surface area contributed by atoms with Crippen molar-refractivity contribution in [3.63, 3.8) is 0 Å². The van der Waals surface area contributed by atoms with Crippen LogP contribution in [0.3, 0.4) is 0 Å². The van der Waals surface area contributed by atoms with E-state index in [9.17, 15) is 0 Å². The summed E-state index contributed by atoms with van der Waals surface area (Å²) in [6.07, 6.45) is 0. The minimum atomic E-state index is 1.11. The van der Waals surface area contributed by atoms with Crippen molar-refractivity contribution in [3.05, 3.63) is 81.7 Å². The van der Waals surface area contributed by atoms with Crippen molar-refractivity contribution in [2.24, 2.45) is 0 Å². The number of halogens is 2. The Morgan fingerprint density at radius 1 is 0.545 bits per heavy atom. The van der Waals surface area contributed by atoms with E-state index in [-0.39, 0.29) is 0 Å². The maximum absolute atomic E-state index is 3.70. The highest BCUT2D eigenvalue weighted by atomic mass is 79.9. The summed E-state index contributed by atoms with van der Waals surface area (Å²) in [5.41, 5.74) is 0. The molecule has 0 amide bonds. The monoisotopic (exact) mass is 450 g/mol. The Morgan fingerprint density at radius 3 is 1.27 bits per heavy atom. The lowest BCUT2D eigenvalue weighted by atomic mass is 10.4. The molecule has 3 aromatic rings. The Hall–Kier alpha value is -0.680. The van der Waals surface area contributed by atoms with Gasteiger partial charge in [0.05, 0.1) is 0 Å². The molecule has 4 heteroatoms. The standard InChI is InChI=1S/C18H12Br2S2/c19-15-12-18(22-14-9-5-2-6-10-14)16(20)11-17(15)21-13-7-3-1-4-8-13/h1-12H. The Balaban J connectivity index is 1.85. The molecule has 0 heterocycles. The zero-order valence-corrected chi connectivity index (χ0v) is 16.3. The van der Waals surface area contributed by atoms with Gasteiger partial charge in [0.1, 0.15) is 0 Å². The lowest BCUT2D eigenvalue weighted by Gasteiger charge is -2.10. The molecule has 0 bridgehead atoms. The van der Waals surface area contributed by atoms with Crippen molar-refractivity contribution in [2.75, 3.05) is 0 Å². The van der Waals surface area contributed by atoms with Crippen LogP contribution in [-0.4, -0.2) is 0 Å². The molecule has 0 aliphatic carbocycles. The van der Waals surface area contributed by atoms with Crippen LogP contribution >= 0.6 is 55.4 Å². The van der Waals surface area contributed by atoms with E-state index in [4.69, 9.17) is 0 Å². The van der Waals surface area contributed by atoms with Gasteiger partial charge in [0.2, 0.25) is 0 Å². The fourth-order valence-corrected chi connectivity index (χ4v) is 5.13. The summed E-state index contributed by atoms with van der Waals surface area (Å²) in [6, 6.07) is 25.2. The van der Waals surface area contributed by atoms with E-state index in [1.807, 2.05) is 12.1 Å². The van der Waals surface area contributed by atoms with Crippen molar-refractivity contribution in [1.82, 2.24) is 0 Å². The number of hydrogen-bond donors (Lipinski definition) is 0. The van der Waals surface area contributed by atoms with Gasteiger partial charge in [0, 0.05) is 28.5 Å². The predicted molar refractivity (Wildman–Crippen MR) is 103 cm³/mol. The van der Waals surface area contributed by atoms with Crippen LogP contribution in [0.2, 0.25) is 0 Å². The largest absolute Gasteiger partial charge is 0.0889 e. The van der Waals surface area contributed by atoms with E-state index in [0.29, 0.717) is 0 Å². The quantitative estimate of drug-likeness (QED) is 0.402. The van der Waals surface area contributed by atoms with Crippen LogP contribution in [0.15, 0.2) is 101 Å². The summed E-state index contributed by atoms with van der Waals surface area (Å²) in [6.45, 7) is 0. The molecule has 0 radical (unpaired) electrons. The van der Waals surface area contributed by atoms with Crippen molar-refractivity contribution in [1.29, 1.82) is 0 Å². The van der Waals surface area contributed by atoms with Crippen LogP contribution in [-0.2, 0) is 0 Å². The molecule has 0 atom stereocenters. The van der Waals surface area contributed by atoms with E-state index < -0.39 is 0 Å². The van der Waals surface area contributed by atoms with E-state index in [0.717, 1.165) is 8.95 Å². The minimum absolute atomic E-state index is 1.11. The summed E-state index contributed by atoms with van der Waals surface area (Å²) in [5.74, 6) is 0. The summed E-state index contributed by atoms with van der Waals surface area (Å²) < 4.78 is 2.23. The van der Waals surface area contributed by atoms with Gasteiger partial charge in [0.25, 0.3) is 0 Å². The van der Waals surface area contributed by atoms with Crippen LogP contribution in [0.1, 0.15) is 0 Å². The van der Waals surface area contributed by atoms with Gasteiger partial charge in [-0.2, -0.15) is 0 Å². The highest BCUT2D eigenvalue weighted by Crippen LogP contribution is 2.41. The first-order valence-corrected chi connectivity index (χ1v) is 9.89. The van der Waals surface area contributed by atoms with Gasteiger partial charge >= 0.3 is 0 Å². The molecular formula is C18H12Br2S2. The maximum Gasteiger partial charge on any atom is 0.0326 e. The first kappa shape index (κ1) is 16.2. The third-order valence-corrected chi connectivity index (χ3v) is 6.90. The van der Waals surface area contributed by atoms with Crippen LogP contribution in [0.4, 0.5) is 0 Å². The van der Waals surface area contributed by atoms with Crippen LogP contribution in [0, 0.1) is 0 Å². The zero-order valence-electron chi connectivity index (χ0n) is 11.5. The average molecular weight is 452 g/mol. The third-order valence-electron chi connectivity index (χ3n) is 2.93. The summed E-state index contributed by atoms with van der Waals surface area (Å²) >= 11 is 10.9. The molecule has 0 saturated carbocycles. The number of hydrogen-bond acceptors (Lipinski definition) is 2. The molecule has 0 spiro atoms. The van der Waals surface area contributed by atoms with E-state index in [1.165, 1.54) is 19.6 Å². The van der Waals surface area contributed by atoms with Gasteiger partial charge in [-0.15, -0.1) is 0 Å². The smallest absolute Gasteiger partial charge is 0.0326 e. The van der Waals surface area contributed by atoms with Gasteiger partial charge in [-0.1, -0.05) is 59.9 Å². The lowest BCUT2D eigenvalue weighted by Crippen LogP contribution is -1.82. The molecule has 0 unspecified atom stereocenters. The molecule has 3 aromatic carbocycles. The van der Waals surface area contributed by atoms with Crippen molar-refractivity contribution in [2.45, 2.75) is 19.6 Å². The molecule has 0 aliphatic heterocycles. The highest BCUT2D eigenvalue weighted by Gasteiger charge is 2.09. The number of benzene rings is 3. The molecule has 22 heavy (non-hydrogen) atoms. The van der Waals surface area contributed by atoms with Crippen molar-refractivity contribution >= 4 is 55.4 Å². The molecule has 0 saturated heterocycles. The summed E-state index contributed by atoms with van der Waals surface area (Å²) in [4.78, 5) is 4.88. The average Bonchev–Trinajstić information content (AvgIpc) is 2.54. The summed E-state index contributed by atoms with van der Waals surface area (Å²) in [7, 11) is 0. The minimum Gasteiger partial charge on any atom is -0.0889 e. The second-order valence-corrected chi connectivity index (χ2v) is 8.48. The fraction of sp³-hybridized carbons (Fsp3) is 0. The molecule has 0 nitrogen and oxygen atoms in total. The molecule has 3 rings (SSSR count). The Morgan fingerprint density at radius 2 is 0.909 bits per heavy atom. The van der Waals surface area contributed by atoms with E-state index >= 15 is 0 Å². The second-order valence-electron chi connectivity index (χ2n) is 4.54. The molecule has 0 aliphatic rings. The van der Waals surface area contributed by atoms with Gasteiger partial charge < -0.3 is 0 Å². The fourth-order valence-electron chi connectivity index (χ4n) is 1.90. The van der Waals surface area contributed by atoms with E-state index in [2.05, 4.69) is 92.5 Å². The highest BCUT2D eigenvalue weighted by molar-refractivity contribution is 9.11. The van der Waals surface area contributed by atoms with Crippen molar-refractivity contribution in [3.8, 4) is 0 Å². The van der Waals surface area contributed by atoms with Crippen LogP contribution in [0.25, 0.3) is 0 Å². The topological polar surface area (TPSA) is 0 Å². The number of rotatable bonds is 4. The Bertz CT molecular complexity index is 692. The van der Waals surface area contributed by atoms with E-state index in [1.54, 1.807) is 23.5 Å². The molecule has 0 aromatic heterocycles. The molecular weight excluding hydrogens is 440 g/mol. The van der Waals surface area contributed by atoms with Gasteiger partial charge in [-0.3, -0.25) is 0 Å². The first-order chi connectivity index (χ1) is 10.7. The van der Waals surface area contributed by atoms with Crippen LogP contribution in [0.5, 0.6) is 0 Å². The molecule has 110 valence electrons.